The van der Waals surface area contributed by atoms with E-state index in [1.807, 2.05) is 6.07 Å². The summed E-state index contributed by atoms with van der Waals surface area (Å²) in [5, 5.41) is 14.8. The maximum absolute atomic E-state index is 8.52. The molecule has 0 aromatic carbocycles. The van der Waals surface area contributed by atoms with Gasteiger partial charge in [-0.15, -0.1) is 0 Å². The number of aromatic amines is 1. The summed E-state index contributed by atoms with van der Waals surface area (Å²) in [6, 6.07) is 1.91. The summed E-state index contributed by atoms with van der Waals surface area (Å²) in [5.74, 6) is 0. The number of H-pyrrole nitrogens is 1. The van der Waals surface area contributed by atoms with Crippen LogP contribution in [0.1, 0.15) is 5.69 Å². The van der Waals surface area contributed by atoms with E-state index < -0.39 is 0 Å². The van der Waals surface area contributed by atoms with Gasteiger partial charge < -0.3 is 0 Å². The molecule has 2 aromatic heterocycles. The Morgan fingerprint density at radius 3 is 3.00 bits per heavy atom. The highest BCUT2D eigenvalue weighted by atomic mass is 15.2. The predicted octanol–water partition coefficient (Wildman–Crippen LogP) is 0.225. The van der Waals surface area contributed by atoms with Crippen molar-refractivity contribution in [2.75, 3.05) is 0 Å². The minimum Gasteiger partial charge on any atom is -0.258 e. The highest BCUT2D eigenvalue weighted by Crippen LogP contribution is 2.06. The van der Waals surface area contributed by atoms with E-state index in [9.17, 15) is 0 Å². The first-order chi connectivity index (χ1) is 5.42. The molecule has 52 valence electrons. The zero-order valence-corrected chi connectivity index (χ0v) is 5.44. The molecule has 0 spiro atoms. The van der Waals surface area contributed by atoms with E-state index in [-0.39, 0.29) is 5.69 Å². The van der Waals surface area contributed by atoms with Gasteiger partial charge in [0, 0.05) is 12.4 Å². The van der Waals surface area contributed by atoms with Crippen LogP contribution in [0.15, 0.2) is 12.4 Å². The molecule has 5 nitrogen and oxygen atoms in total. The topological polar surface area (TPSA) is 78.2 Å². The average molecular weight is 145 g/mol. The minimum atomic E-state index is 0.285. The summed E-state index contributed by atoms with van der Waals surface area (Å²) in [5.41, 5.74) is 1.35. The Hall–Kier alpha value is -1.96. The lowest BCUT2D eigenvalue weighted by molar-refractivity contribution is 1.08. The smallest absolute Gasteiger partial charge is 0.190 e. The number of hydrogen-bond acceptors (Lipinski definition) is 4. The zero-order chi connectivity index (χ0) is 7.68. The van der Waals surface area contributed by atoms with Crippen LogP contribution in [-0.2, 0) is 0 Å². The third kappa shape index (κ3) is 0.730. The Labute approximate surface area is 61.7 Å². The molecule has 11 heavy (non-hydrogen) atoms. The average Bonchev–Trinajstić information content (AvgIpc) is 2.47. The second-order valence-corrected chi connectivity index (χ2v) is 1.94. The van der Waals surface area contributed by atoms with Gasteiger partial charge >= 0.3 is 0 Å². The van der Waals surface area contributed by atoms with Crippen molar-refractivity contribution in [3.8, 4) is 6.07 Å². The summed E-state index contributed by atoms with van der Waals surface area (Å²) in [7, 11) is 0. The summed E-state index contributed by atoms with van der Waals surface area (Å²) in [4.78, 5) is 7.85. The van der Waals surface area contributed by atoms with Crippen LogP contribution in [0.25, 0.3) is 11.2 Å². The molecule has 0 amide bonds. The van der Waals surface area contributed by atoms with Gasteiger partial charge in [-0.25, -0.2) is 9.97 Å². The van der Waals surface area contributed by atoms with Crippen molar-refractivity contribution in [2.45, 2.75) is 0 Å². The second kappa shape index (κ2) is 2.02. The van der Waals surface area contributed by atoms with Crippen molar-refractivity contribution in [3.63, 3.8) is 0 Å². The first-order valence-electron chi connectivity index (χ1n) is 2.97. The van der Waals surface area contributed by atoms with Gasteiger partial charge in [-0.1, -0.05) is 0 Å². The van der Waals surface area contributed by atoms with Gasteiger partial charge in [0.25, 0.3) is 0 Å². The molecule has 0 atom stereocenters. The Morgan fingerprint density at radius 2 is 2.18 bits per heavy atom. The molecule has 2 aromatic rings. The molecular formula is C6H3N5. The van der Waals surface area contributed by atoms with Gasteiger partial charge in [0.1, 0.15) is 11.6 Å². The van der Waals surface area contributed by atoms with Crippen molar-refractivity contribution in [3.05, 3.63) is 18.1 Å². The lowest BCUT2D eigenvalue weighted by Crippen LogP contribution is -1.78. The SMILES string of the molecule is N#Cc1n[nH]c2nccnc12. The third-order valence-corrected chi connectivity index (χ3v) is 1.30. The fraction of sp³-hybridized carbons (Fsp3) is 0. The molecule has 1 N–H and O–H groups in total. The van der Waals surface area contributed by atoms with Crippen LogP contribution in [0.4, 0.5) is 0 Å². The molecule has 0 unspecified atom stereocenters. The molecule has 5 heteroatoms. The van der Waals surface area contributed by atoms with Crippen LogP contribution in [0, 0.1) is 11.3 Å². The zero-order valence-electron chi connectivity index (χ0n) is 5.44. The van der Waals surface area contributed by atoms with Crippen molar-refractivity contribution >= 4 is 11.2 Å². The van der Waals surface area contributed by atoms with Gasteiger partial charge in [0.2, 0.25) is 0 Å². The highest BCUT2D eigenvalue weighted by molar-refractivity contribution is 5.74. The molecule has 0 bridgehead atoms. The molecular weight excluding hydrogens is 142 g/mol. The van der Waals surface area contributed by atoms with E-state index in [2.05, 4.69) is 20.2 Å². The van der Waals surface area contributed by atoms with Gasteiger partial charge in [-0.2, -0.15) is 10.4 Å². The normalized spacial score (nSPS) is 9.73. The van der Waals surface area contributed by atoms with Crippen molar-refractivity contribution in [2.24, 2.45) is 0 Å². The fourth-order valence-electron chi connectivity index (χ4n) is 0.833. The molecule has 0 saturated heterocycles. The summed E-state index contributed by atoms with van der Waals surface area (Å²) < 4.78 is 0. The number of nitrogens with zero attached hydrogens (tertiary/aromatic N) is 4. The minimum absolute atomic E-state index is 0.285. The number of hydrogen-bond donors (Lipinski definition) is 1. The molecule has 0 radical (unpaired) electrons. The number of aromatic nitrogens is 4. The van der Waals surface area contributed by atoms with Crippen LogP contribution in [-0.4, -0.2) is 20.2 Å². The number of nitriles is 1. The van der Waals surface area contributed by atoms with Gasteiger partial charge in [-0.3, -0.25) is 5.10 Å². The van der Waals surface area contributed by atoms with E-state index in [0.29, 0.717) is 11.2 Å². The van der Waals surface area contributed by atoms with Crippen LogP contribution in [0.2, 0.25) is 0 Å². The van der Waals surface area contributed by atoms with Crippen LogP contribution < -0.4 is 0 Å². The quantitative estimate of drug-likeness (QED) is 0.575. The maximum Gasteiger partial charge on any atom is 0.190 e. The molecule has 0 aliphatic rings. The number of rotatable bonds is 0. The monoisotopic (exact) mass is 145 g/mol. The lowest BCUT2D eigenvalue weighted by Gasteiger charge is -1.82. The Balaban J connectivity index is 2.89. The first kappa shape index (κ1) is 5.80. The Kier molecular flexibility index (Phi) is 1.07. The van der Waals surface area contributed by atoms with E-state index in [1.54, 1.807) is 6.20 Å². The van der Waals surface area contributed by atoms with E-state index in [1.165, 1.54) is 6.20 Å². The highest BCUT2D eigenvalue weighted by Gasteiger charge is 2.04. The second-order valence-electron chi connectivity index (χ2n) is 1.94. The van der Waals surface area contributed by atoms with Crippen molar-refractivity contribution in [1.82, 2.24) is 20.2 Å². The number of fused-ring (bicyclic) bond motifs is 1. The largest absolute Gasteiger partial charge is 0.258 e. The first-order valence-corrected chi connectivity index (χ1v) is 2.97. The van der Waals surface area contributed by atoms with E-state index in [4.69, 9.17) is 5.26 Å². The molecule has 2 rings (SSSR count). The van der Waals surface area contributed by atoms with Crippen molar-refractivity contribution in [1.29, 1.82) is 5.26 Å². The van der Waals surface area contributed by atoms with Gasteiger partial charge in [0.15, 0.2) is 11.3 Å². The van der Waals surface area contributed by atoms with Crippen LogP contribution in [0.3, 0.4) is 0 Å². The van der Waals surface area contributed by atoms with Gasteiger partial charge in [-0.05, 0) is 0 Å². The lowest BCUT2D eigenvalue weighted by atomic mass is 10.4. The van der Waals surface area contributed by atoms with Crippen LogP contribution >= 0.6 is 0 Å². The Morgan fingerprint density at radius 1 is 1.36 bits per heavy atom. The summed E-state index contributed by atoms with van der Waals surface area (Å²) in [6.07, 6.45) is 3.07. The van der Waals surface area contributed by atoms with Crippen molar-refractivity contribution < 1.29 is 0 Å². The van der Waals surface area contributed by atoms with Gasteiger partial charge in [0.05, 0.1) is 0 Å². The molecule has 2 heterocycles. The fourth-order valence-corrected chi connectivity index (χ4v) is 0.833. The summed E-state index contributed by atoms with van der Waals surface area (Å²) in [6.45, 7) is 0. The maximum atomic E-state index is 8.52. The third-order valence-electron chi connectivity index (χ3n) is 1.30. The molecule has 0 aliphatic carbocycles. The Bertz CT molecular complexity index is 424. The molecule has 0 aliphatic heterocycles. The molecule has 0 fully saturated rings. The molecule has 0 saturated carbocycles. The van der Waals surface area contributed by atoms with E-state index in [0.717, 1.165) is 0 Å². The summed E-state index contributed by atoms with van der Waals surface area (Å²) >= 11 is 0. The predicted molar refractivity (Wildman–Crippen MR) is 36.4 cm³/mol. The number of nitrogens with one attached hydrogen (secondary N) is 1. The van der Waals surface area contributed by atoms with E-state index >= 15 is 0 Å². The van der Waals surface area contributed by atoms with Crippen LogP contribution in [0.5, 0.6) is 0 Å². The standard InChI is InChI=1S/C6H3N5/c7-3-4-5-6(11-10-4)9-2-1-8-5/h1-2H,(H,9,10,11).